The van der Waals surface area contributed by atoms with Crippen LogP contribution in [0.3, 0.4) is 0 Å². The first-order valence-electron chi connectivity index (χ1n) is 5.61. The lowest BCUT2D eigenvalue weighted by molar-refractivity contribution is 0.415. The number of hydrogen-bond donors (Lipinski definition) is 1. The van der Waals surface area contributed by atoms with Crippen LogP contribution in [0.2, 0.25) is 0 Å². The standard InChI is InChI=1S/C12H21NOS/c1-4-5-6-7-11(13-2)12-8-10(14-3)9-15-12/h8-9,11,13H,4-7H2,1-3H3. The first-order valence-corrected chi connectivity index (χ1v) is 6.49. The molecule has 1 aromatic rings. The van der Waals surface area contributed by atoms with Gasteiger partial charge in [0.05, 0.1) is 7.11 Å². The largest absolute Gasteiger partial charge is 0.496 e. The molecule has 1 aromatic heterocycles. The third-order valence-electron chi connectivity index (χ3n) is 2.62. The van der Waals surface area contributed by atoms with Gasteiger partial charge in [-0.25, -0.2) is 0 Å². The van der Waals surface area contributed by atoms with E-state index in [4.69, 9.17) is 4.74 Å². The van der Waals surface area contributed by atoms with Crippen molar-refractivity contribution >= 4 is 11.3 Å². The van der Waals surface area contributed by atoms with E-state index in [0.29, 0.717) is 6.04 Å². The van der Waals surface area contributed by atoms with Crippen LogP contribution in [0.15, 0.2) is 11.4 Å². The van der Waals surface area contributed by atoms with Gasteiger partial charge in [-0.2, -0.15) is 0 Å². The number of thiophene rings is 1. The van der Waals surface area contributed by atoms with E-state index in [0.717, 1.165) is 5.75 Å². The van der Waals surface area contributed by atoms with E-state index < -0.39 is 0 Å². The van der Waals surface area contributed by atoms with Crippen molar-refractivity contribution in [3.63, 3.8) is 0 Å². The van der Waals surface area contributed by atoms with Gasteiger partial charge in [0.15, 0.2) is 0 Å². The van der Waals surface area contributed by atoms with Crippen LogP contribution in [0.25, 0.3) is 0 Å². The van der Waals surface area contributed by atoms with Crippen molar-refractivity contribution in [1.29, 1.82) is 0 Å². The van der Waals surface area contributed by atoms with Gasteiger partial charge in [-0.1, -0.05) is 26.2 Å². The molecule has 86 valence electrons. The minimum Gasteiger partial charge on any atom is -0.496 e. The average molecular weight is 227 g/mol. The van der Waals surface area contributed by atoms with Crippen LogP contribution in [0.5, 0.6) is 5.75 Å². The molecule has 0 radical (unpaired) electrons. The lowest BCUT2D eigenvalue weighted by Gasteiger charge is -2.13. The highest BCUT2D eigenvalue weighted by atomic mass is 32.1. The lowest BCUT2D eigenvalue weighted by Crippen LogP contribution is -2.14. The number of unbranched alkanes of at least 4 members (excludes halogenated alkanes) is 2. The highest BCUT2D eigenvalue weighted by Crippen LogP contribution is 2.29. The molecule has 0 saturated heterocycles. The molecule has 0 aliphatic heterocycles. The summed E-state index contributed by atoms with van der Waals surface area (Å²) in [6, 6.07) is 2.63. The predicted molar refractivity (Wildman–Crippen MR) is 66.8 cm³/mol. The summed E-state index contributed by atoms with van der Waals surface area (Å²) < 4.78 is 5.20. The molecule has 0 aliphatic carbocycles. The van der Waals surface area contributed by atoms with E-state index in [2.05, 4.69) is 23.7 Å². The van der Waals surface area contributed by atoms with E-state index in [1.165, 1.54) is 30.6 Å². The fraction of sp³-hybridized carbons (Fsp3) is 0.667. The van der Waals surface area contributed by atoms with Gasteiger partial charge in [-0.05, 0) is 19.5 Å². The first-order chi connectivity index (χ1) is 7.31. The summed E-state index contributed by atoms with van der Waals surface area (Å²) in [6.07, 6.45) is 5.11. The Morgan fingerprint density at radius 2 is 2.27 bits per heavy atom. The Hall–Kier alpha value is -0.540. The molecule has 0 aliphatic rings. The molecule has 0 saturated carbocycles. The van der Waals surface area contributed by atoms with E-state index in [-0.39, 0.29) is 0 Å². The van der Waals surface area contributed by atoms with Crippen LogP contribution >= 0.6 is 11.3 Å². The molecule has 2 nitrogen and oxygen atoms in total. The van der Waals surface area contributed by atoms with E-state index >= 15 is 0 Å². The molecule has 3 heteroatoms. The van der Waals surface area contributed by atoms with Crippen LogP contribution in [-0.4, -0.2) is 14.2 Å². The van der Waals surface area contributed by atoms with Gasteiger partial charge in [0.1, 0.15) is 5.75 Å². The smallest absolute Gasteiger partial charge is 0.129 e. The summed E-state index contributed by atoms with van der Waals surface area (Å²) in [5.41, 5.74) is 0. The Bertz CT molecular complexity index is 272. The van der Waals surface area contributed by atoms with Crippen molar-refractivity contribution in [2.24, 2.45) is 0 Å². The van der Waals surface area contributed by atoms with Crippen molar-refractivity contribution in [3.8, 4) is 5.75 Å². The second kappa shape index (κ2) is 6.85. The Labute approximate surface area is 96.7 Å². The molecule has 1 unspecified atom stereocenters. The van der Waals surface area contributed by atoms with E-state index in [1.807, 2.05) is 7.05 Å². The fourth-order valence-corrected chi connectivity index (χ4v) is 2.65. The predicted octanol–water partition coefficient (Wildman–Crippen LogP) is 3.60. The molecule has 0 spiro atoms. The van der Waals surface area contributed by atoms with Crippen molar-refractivity contribution in [3.05, 3.63) is 16.3 Å². The van der Waals surface area contributed by atoms with Crippen molar-refractivity contribution in [1.82, 2.24) is 5.32 Å². The third-order valence-corrected chi connectivity index (χ3v) is 3.64. The number of methoxy groups -OCH3 is 1. The van der Waals surface area contributed by atoms with Crippen LogP contribution in [-0.2, 0) is 0 Å². The van der Waals surface area contributed by atoms with Gasteiger partial charge >= 0.3 is 0 Å². The molecule has 0 bridgehead atoms. The van der Waals surface area contributed by atoms with Gasteiger partial charge in [0.2, 0.25) is 0 Å². The van der Waals surface area contributed by atoms with Crippen LogP contribution in [0, 0.1) is 0 Å². The summed E-state index contributed by atoms with van der Waals surface area (Å²) >= 11 is 1.78. The van der Waals surface area contributed by atoms with Crippen LogP contribution in [0.1, 0.15) is 43.5 Å². The zero-order valence-corrected chi connectivity index (χ0v) is 10.7. The second-order valence-electron chi connectivity index (χ2n) is 3.73. The Balaban J connectivity index is 2.49. The van der Waals surface area contributed by atoms with Gasteiger partial charge < -0.3 is 10.1 Å². The van der Waals surface area contributed by atoms with E-state index in [9.17, 15) is 0 Å². The molecule has 0 fully saturated rings. The first kappa shape index (κ1) is 12.5. The van der Waals surface area contributed by atoms with Crippen LogP contribution in [0.4, 0.5) is 0 Å². The monoisotopic (exact) mass is 227 g/mol. The Morgan fingerprint density at radius 3 is 2.80 bits per heavy atom. The fourth-order valence-electron chi connectivity index (χ4n) is 1.65. The summed E-state index contributed by atoms with van der Waals surface area (Å²) in [6.45, 7) is 2.24. The molecular weight excluding hydrogens is 206 g/mol. The van der Waals surface area contributed by atoms with Gasteiger partial charge in [-0.3, -0.25) is 0 Å². The summed E-state index contributed by atoms with van der Waals surface area (Å²) in [5, 5.41) is 5.44. The molecule has 1 N–H and O–H groups in total. The Kier molecular flexibility index (Phi) is 5.73. The molecule has 0 aromatic carbocycles. The van der Waals surface area contributed by atoms with E-state index in [1.54, 1.807) is 18.4 Å². The molecule has 1 rings (SSSR count). The van der Waals surface area contributed by atoms with Crippen molar-refractivity contribution < 1.29 is 4.74 Å². The molecule has 1 atom stereocenters. The van der Waals surface area contributed by atoms with Gasteiger partial charge in [0, 0.05) is 16.3 Å². The van der Waals surface area contributed by atoms with Crippen LogP contribution < -0.4 is 10.1 Å². The minimum atomic E-state index is 0.491. The van der Waals surface area contributed by atoms with Crippen molar-refractivity contribution in [2.45, 2.75) is 38.6 Å². The maximum absolute atomic E-state index is 5.20. The molecular formula is C12H21NOS. The molecule has 15 heavy (non-hydrogen) atoms. The molecule has 0 amide bonds. The van der Waals surface area contributed by atoms with Crippen molar-refractivity contribution in [2.75, 3.05) is 14.2 Å². The zero-order chi connectivity index (χ0) is 11.1. The quantitative estimate of drug-likeness (QED) is 0.719. The SMILES string of the molecule is CCCCCC(NC)c1cc(OC)cs1. The average Bonchev–Trinajstić information content (AvgIpc) is 2.73. The molecule has 1 heterocycles. The normalized spacial score (nSPS) is 12.7. The minimum absolute atomic E-state index is 0.491. The van der Waals surface area contributed by atoms with Gasteiger partial charge in [0.25, 0.3) is 0 Å². The number of rotatable bonds is 7. The second-order valence-corrected chi connectivity index (χ2v) is 4.67. The number of hydrogen-bond acceptors (Lipinski definition) is 3. The lowest BCUT2D eigenvalue weighted by atomic mass is 10.1. The number of ether oxygens (including phenoxy) is 1. The summed E-state index contributed by atoms with van der Waals surface area (Å²) in [7, 11) is 3.75. The topological polar surface area (TPSA) is 21.3 Å². The zero-order valence-electron chi connectivity index (χ0n) is 9.88. The summed E-state index contributed by atoms with van der Waals surface area (Å²) in [4.78, 5) is 1.38. The maximum atomic E-state index is 5.20. The maximum Gasteiger partial charge on any atom is 0.129 e. The van der Waals surface area contributed by atoms with Gasteiger partial charge in [-0.15, -0.1) is 11.3 Å². The Morgan fingerprint density at radius 1 is 1.47 bits per heavy atom. The highest BCUT2D eigenvalue weighted by molar-refractivity contribution is 7.10. The summed E-state index contributed by atoms with van der Waals surface area (Å²) in [5.74, 6) is 0.978. The third kappa shape index (κ3) is 3.84. The highest BCUT2D eigenvalue weighted by Gasteiger charge is 2.11. The number of nitrogens with one attached hydrogen (secondary N) is 1.